The van der Waals surface area contributed by atoms with E-state index in [0.717, 1.165) is 16.5 Å². The quantitative estimate of drug-likeness (QED) is 0.460. The molecule has 31 heavy (non-hydrogen) atoms. The highest BCUT2D eigenvalue weighted by molar-refractivity contribution is 7.04. The van der Waals surface area contributed by atoms with E-state index in [4.69, 9.17) is 4.52 Å². The van der Waals surface area contributed by atoms with Crippen LogP contribution in [0.4, 0.5) is 11.5 Å². The van der Waals surface area contributed by atoms with Gasteiger partial charge in [0, 0.05) is 33.5 Å². The normalized spacial score (nSPS) is 11.5. The Morgan fingerprint density at radius 2 is 1.84 bits per heavy atom. The average molecular weight is 435 g/mol. The van der Waals surface area contributed by atoms with Gasteiger partial charge >= 0.3 is 0 Å². The Kier molecular flexibility index (Phi) is 5.56. The van der Waals surface area contributed by atoms with Crippen LogP contribution in [0.3, 0.4) is 0 Å². The molecular weight excluding hydrogens is 412 g/mol. The Morgan fingerprint density at radius 3 is 2.55 bits per heavy atom. The highest BCUT2D eigenvalue weighted by Gasteiger charge is 2.20. The molecule has 0 spiro atoms. The fraction of sp³-hybridized carbons (Fsp3) is 0.217. The van der Waals surface area contributed by atoms with Gasteiger partial charge in [-0.25, -0.2) is 0 Å². The standard InChI is InChI=1S/C23H22N4O3S/c1-23(2,3)19-12-20(26-30-19)25-21(28)11-14-7-9-15(10-8-14)24-22(29)16-5-4-6-18-17(16)13-31-27-18/h4-10,12-13H,11H2,1-3H3,(H,24,29)(H,25,26,28). The number of benzene rings is 2. The Hall–Kier alpha value is -3.52. The number of carbonyl (C=O) groups is 2. The third-order valence-electron chi connectivity index (χ3n) is 4.74. The highest BCUT2D eigenvalue weighted by Crippen LogP contribution is 2.24. The number of anilines is 2. The van der Waals surface area contributed by atoms with Crippen LogP contribution in [0, 0.1) is 0 Å². The molecule has 158 valence electrons. The van der Waals surface area contributed by atoms with Crippen LogP contribution in [0.2, 0.25) is 0 Å². The molecule has 2 N–H and O–H groups in total. The first-order chi connectivity index (χ1) is 14.8. The minimum atomic E-state index is -0.197. The zero-order valence-corrected chi connectivity index (χ0v) is 18.2. The van der Waals surface area contributed by atoms with Crippen molar-refractivity contribution in [2.24, 2.45) is 0 Å². The molecule has 0 aliphatic rings. The molecular formula is C23H22N4O3S. The number of carbonyl (C=O) groups excluding carboxylic acids is 2. The molecule has 0 fully saturated rings. The van der Waals surface area contributed by atoms with Crippen LogP contribution in [-0.4, -0.2) is 21.3 Å². The van der Waals surface area contributed by atoms with Crippen LogP contribution in [0.1, 0.15) is 42.5 Å². The molecule has 4 aromatic rings. The minimum Gasteiger partial charge on any atom is -0.359 e. The second kappa shape index (κ2) is 8.31. The van der Waals surface area contributed by atoms with Gasteiger partial charge < -0.3 is 15.2 Å². The van der Waals surface area contributed by atoms with Gasteiger partial charge in [0.2, 0.25) is 5.91 Å². The first-order valence-electron chi connectivity index (χ1n) is 9.80. The van der Waals surface area contributed by atoms with Crippen molar-refractivity contribution >= 4 is 45.8 Å². The summed E-state index contributed by atoms with van der Waals surface area (Å²) in [6.07, 6.45) is 0.186. The minimum absolute atomic E-state index is 0.179. The maximum absolute atomic E-state index is 12.7. The molecule has 0 bridgehead atoms. The number of hydrogen-bond donors (Lipinski definition) is 2. The summed E-state index contributed by atoms with van der Waals surface area (Å²) >= 11 is 1.32. The van der Waals surface area contributed by atoms with E-state index >= 15 is 0 Å². The zero-order chi connectivity index (χ0) is 22.0. The van der Waals surface area contributed by atoms with Gasteiger partial charge in [0.05, 0.1) is 11.9 Å². The van der Waals surface area contributed by atoms with Crippen molar-refractivity contribution in [3.63, 3.8) is 0 Å². The summed E-state index contributed by atoms with van der Waals surface area (Å²) < 4.78 is 9.55. The molecule has 0 unspecified atom stereocenters. The fourth-order valence-corrected chi connectivity index (χ4v) is 3.73. The Balaban J connectivity index is 1.37. The van der Waals surface area contributed by atoms with Crippen LogP contribution < -0.4 is 10.6 Å². The van der Waals surface area contributed by atoms with E-state index < -0.39 is 0 Å². The lowest BCUT2D eigenvalue weighted by Gasteiger charge is -2.12. The molecule has 0 saturated heterocycles. The number of aromatic nitrogens is 2. The number of fused-ring (bicyclic) bond motifs is 1. The highest BCUT2D eigenvalue weighted by atomic mass is 32.1. The summed E-state index contributed by atoms with van der Waals surface area (Å²) in [6, 6.07) is 14.4. The number of hydrogen-bond acceptors (Lipinski definition) is 6. The monoisotopic (exact) mass is 434 g/mol. The van der Waals surface area contributed by atoms with Gasteiger partial charge in [0.1, 0.15) is 5.76 Å². The van der Waals surface area contributed by atoms with Crippen molar-refractivity contribution in [3.05, 3.63) is 70.8 Å². The molecule has 0 saturated carbocycles. The van der Waals surface area contributed by atoms with E-state index in [1.165, 1.54) is 11.5 Å². The van der Waals surface area contributed by atoms with Gasteiger partial charge in [-0.15, -0.1) is 0 Å². The van der Waals surface area contributed by atoms with Gasteiger partial charge in [0.25, 0.3) is 5.91 Å². The van der Waals surface area contributed by atoms with Crippen molar-refractivity contribution in [2.45, 2.75) is 32.6 Å². The van der Waals surface area contributed by atoms with Gasteiger partial charge in [-0.2, -0.15) is 4.37 Å². The Bertz CT molecular complexity index is 1240. The molecule has 0 radical (unpaired) electrons. The smallest absolute Gasteiger partial charge is 0.256 e. The number of nitrogens with zero attached hydrogens (tertiary/aromatic N) is 2. The molecule has 2 aromatic heterocycles. The molecule has 8 heteroatoms. The van der Waals surface area contributed by atoms with E-state index in [1.807, 2.05) is 50.4 Å². The molecule has 0 aliphatic heterocycles. The third-order valence-corrected chi connectivity index (χ3v) is 5.39. The van der Waals surface area contributed by atoms with Gasteiger partial charge in [0.15, 0.2) is 5.82 Å². The first kappa shape index (κ1) is 20.7. The Labute approximate surface area is 183 Å². The van der Waals surface area contributed by atoms with E-state index in [9.17, 15) is 9.59 Å². The molecule has 7 nitrogen and oxygen atoms in total. The van der Waals surface area contributed by atoms with Crippen LogP contribution in [-0.2, 0) is 16.6 Å². The summed E-state index contributed by atoms with van der Waals surface area (Å²) in [6.45, 7) is 6.03. The maximum Gasteiger partial charge on any atom is 0.256 e. The van der Waals surface area contributed by atoms with Gasteiger partial charge in [-0.3, -0.25) is 9.59 Å². The van der Waals surface area contributed by atoms with E-state index in [1.54, 1.807) is 24.3 Å². The van der Waals surface area contributed by atoms with Crippen molar-refractivity contribution in [2.75, 3.05) is 10.6 Å². The number of nitrogens with one attached hydrogen (secondary N) is 2. The van der Waals surface area contributed by atoms with Crippen LogP contribution >= 0.6 is 11.5 Å². The van der Waals surface area contributed by atoms with Crippen molar-refractivity contribution < 1.29 is 14.1 Å². The third kappa shape index (κ3) is 4.80. The summed E-state index contributed by atoms with van der Waals surface area (Å²) in [5.41, 5.74) is 2.68. The SMILES string of the molecule is CC(C)(C)c1cc(NC(=O)Cc2ccc(NC(=O)c3cccc4nscc34)cc2)no1. The van der Waals surface area contributed by atoms with E-state index in [0.29, 0.717) is 22.8 Å². The van der Waals surface area contributed by atoms with Crippen molar-refractivity contribution in [1.82, 2.24) is 9.53 Å². The zero-order valence-electron chi connectivity index (χ0n) is 17.4. The molecule has 0 aliphatic carbocycles. The van der Waals surface area contributed by atoms with Crippen molar-refractivity contribution in [3.8, 4) is 0 Å². The summed E-state index contributed by atoms with van der Waals surface area (Å²) in [4.78, 5) is 25.0. The lowest BCUT2D eigenvalue weighted by molar-refractivity contribution is -0.115. The largest absolute Gasteiger partial charge is 0.359 e. The fourth-order valence-electron chi connectivity index (χ4n) is 3.05. The van der Waals surface area contributed by atoms with Crippen LogP contribution in [0.5, 0.6) is 0 Å². The predicted molar refractivity (Wildman–Crippen MR) is 122 cm³/mol. The first-order valence-corrected chi connectivity index (χ1v) is 10.6. The molecule has 2 heterocycles. The summed E-state index contributed by atoms with van der Waals surface area (Å²) in [5, 5.41) is 12.2. The van der Waals surface area contributed by atoms with Crippen molar-refractivity contribution in [1.29, 1.82) is 0 Å². The lowest BCUT2D eigenvalue weighted by atomic mass is 9.93. The molecule has 2 aromatic carbocycles. The lowest BCUT2D eigenvalue weighted by Crippen LogP contribution is -2.15. The second-order valence-corrected chi connectivity index (χ2v) is 8.88. The maximum atomic E-state index is 12.7. The summed E-state index contributed by atoms with van der Waals surface area (Å²) in [7, 11) is 0. The predicted octanol–water partition coefficient (Wildman–Crippen LogP) is 5.02. The van der Waals surface area contributed by atoms with E-state index in [2.05, 4.69) is 20.2 Å². The summed E-state index contributed by atoms with van der Waals surface area (Å²) in [5.74, 6) is 0.715. The van der Waals surface area contributed by atoms with E-state index in [-0.39, 0.29) is 23.7 Å². The molecule has 0 atom stereocenters. The van der Waals surface area contributed by atoms with Gasteiger partial charge in [-0.05, 0) is 41.4 Å². The Morgan fingerprint density at radius 1 is 1.06 bits per heavy atom. The number of rotatable bonds is 5. The second-order valence-electron chi connectivity index (χ2n) is 8.26. The average Bonchev–Trinajstić information content (AvgIpc) is 3.38. The van der Waals surface area contributed by atoms with Crippen LogP contribution in [0.15, 0.2) is 58.4 Å². The molecule has 4 rings (SSSR count). The topological polar surface area (TPSA) is 97.1 Å². The molecule has 2 amide bonds. The van der Waals surface area contributed by atoms with Gasteiger partial charge in [-0.1, -0.05) is 44.1 Å². The van der Waals surface area contributed by atoms with Crippen LogP contribution in [0.25, 0.3) is 10.9 Å². The number of amides is 2.